The topological polar surface area (TPSA) is 57.9 Å². The molecule has 4 nitrogen and oxygen atoms in total. The zero-order valence-corrected chi connectivity index (χ0v) is 14.3. The van der Waals surface area contributed by atoms with Gasteiger partial charge >= 0.3 is 12.4 Å². The SMILES string of the molecule is CN(CCN)Cc1cn[nH]c1/C=C/c1cc(C(F)(F)F)cc(C(F)(F)F)c1. The summed E-state index contributed by atoms with van der Waals surface area (Å²) in [5.74, 6) is 0. The molecule has 0 saturated heterocycles. The monoisotopic (exact) mass is 392 g/mol. The van der Waals surface area contributed by atoms with Crippen molar-refractivity contribution in [3.05, 3.63) is 52.3 Å². The molecule has 0 aliphatic carbocycles. The van der Waals surface area contributed by atoms with Crippen molar-refractivity contribution in [2.24, 2.45) is 5.73 Å². The van der Waals surface area contributed by atoms with Crippen LogP contribution in [0, 0.1) is 0 Å². The van der Waals surface area contributed by atoms with Crippen molar-refractivity contribution >= 4 is 12.2 Å². The number of alkyl halides is 6. The highest BCUT2D eigenvalue weighted by Gasteiger charge is 2.36. The van der Waals surface area contributed by atoms with E-state index in [4.69, 9.17) is 5.73 Å². The smallest absolute Gasteiger partial charge is 0.329 e. The van der Waals surface area contributed by atoms with Gasteiger partial charge in [-0.1, -0.05) is 6.08 Å². The number of halogens is 6. The standard InChI is InChI=1S/C17H18F6N4/c1-27(5-4-24)10-12-9-25-26-15(12)3-2-11-6-13(16(18,19)20)8-14(7-11)17(21,22)23/h2-3,6-9H,4-5,10,24H2,1H3,(H,25,26)/b3-2+. The lowest BCUT2D eigenvalue weighted by Gasteiger charge is -2.14. The number of H-pyrrole nitrogens is 1. The molecule has 0 radical (unpaired) electrons. The molecule has 0 atom stereocenters. The summed E-state index contributed by atoms with van der Waals surface area (Å²) >= 11 is 0. The maximum Gasteiger partial charge on any atom is 0.416 e. The third-order valence-electron chi connectivity index (χ3n) is 3.75. The van der Waals surface area contributed by atoms with Crippen LogP contribution in [0.1, 0.15) is 27.9 Å². The van der Waals surface area contributed by atoms with Crippen LogP contribution >= 0.6 is 0 Å². The number of aromatic amines is 1. The molecule has 1 aromatic carbocycles. The summed E-state index contributed by atoms with van der Waals surface area (Å²) in [6.45, 7) is 1.55. The Hall–Kier alpha value is -2.33. The molecule has 0 fully saturated rings. The zero-order valence-electron chi connectivity index (χ0n) is 14.3. The molecule has 0 unspecified atom stereocenters. The van der Waals surface area contributed by atoms with Crippen LogP contribution in [0.4, 0.5) is 26.3 Å². The van der Waals surface area contributed by atoms with E-state index in [1.807, 2.05) is 11.9 Å². The van der Waals surface area contributed by atoms with Crippen LogP contribution in [-0.4, -0.2) is 35.2 Å². The molecule has 1 heterocycles. The maximum absolute atomic E-state index is 12.9. The minimum atomic E-state index is -4.88. The van der Waals surface area contributed by atoms with Crippen molar-refractivity contribution in [2.45, 2.75) is 18.9 Å². The summed E-state index contributed by atoms with van der Waals surface area (Å²) in [5.41, 5.74) is 3.77. The van der Waals surface area contributed by atoms with Gasteiger partial charge in [-0.3, -0.25) is 5.10 Å². The van der Waals surface area contributed by atoms with Gasteiger partial charge in [-0.25, -0.2) is 0 Å². The second-order valence-electron chi connectivity index (χ2n) is 6.01. The predicted octanol–water partition coefficient (Wildman–Crippen LogP) is 4.01. The van der Waals surface area contributed by atoms with E-state index in [1.165, 1.54) is 12.2 Å². The lowest BCUT2D eigenvalue weighted by molar-refractivity contribution is -0.143. The number of nitrogens with one attached hydrogen (secondary N) is 1. The van der Waals surface area contributed by atoms with Crippen LogP contribution in [-0.2, 0) is 18.9 Å². The molecule has 0 spiro atoms. The minimum Gasteiger partial charge on any atom is -0.329 e. The third kappa shape index (κ3) is 5.83. The molecular formula is C17H18F6N4. The fourth-order valence-electron chi connectivity index (χ4n) is 2.44. The fourth-order valence-corrected chi connectivity index (χ4v) is 2.44. The first-order valence-corrected chi connectivity index (χ1v) is 7.89. The first-order chi connectivity index (χ1) is 12.5. The first kappa shape index (κ1) is 21.0. The van der Waals surface area contributed by atoms with Gasteiger partial charge in [0.25, 0.3) is 0 Å². The van der Waals surface area contributed by atoms with Gasteiger partial charge < -0.3 is 10.6 Å². The number of nitrogens with two attached hydrogens (primary N) is 1. The van der Waals surface area contributed by atoms with E-state index in [2.05, 4.69) is 10.2 Å². The van der Waals surface area contributed by atoms with Gasteiger partial charge in [-0.2, -0.15) is 31.4 Å². The second-order valence-corrected chi connectivity index (χ2v) is 6.01. The number of aromatic nitrogens is 2. The van der Waals surface area contributed by atoms with Crippen molar-refractivity contribution in [1.29, 1.82) is 0 Å². The Morgan fingerprint density at radius 2 is 1.63 bits per heavy atom. The molecular weight excluding hydrogens is 374 g/mol. The normalized spacial score (nSPS) is 13.1. The van der Waals surface area contributed by atoms with Crippen molar-refractivity contribution in [3.8, 4) is 0 Å². The van der Waals surface area contributed by atoms with Crippen LogP contribution in [0.3, 0.4) is 0 Å². The molecule has 1 aromatic heterocycles. The number of hydrogen-bond donors (Lipinski definition) is 2. The van der Waals surface area contributed by atoms with Gasteiger partial charge in [0.1, 0.15) is 0 Å². The third-order valence-corrected chi connectivity index (χ3v) is 3.75. The van der Waals surface area contributed by atoms with Gasteiger partial charge in [0, 0.05) is 25.2 Å². The average Bonchev–Trinajstić information content (AvgIpc) is 2.98. The van der Waals surface area contributed by atoms with Crippen molar-refractivity contribution < 1.29 is 26.3 Å². The van der Waals surface area contributed by atoms with Gasteiger partial charge in [0.05, 0.1) is 23.0 Å². The quantitative estimate of drug-likeness (QED) is 0.731. The van der Waals surface area contributed by atoms with Crippen molar-refractivity contribution in [1.82, 2.24) is 15.1 Å². The molecule has 27 heavy (non-hydrogen) atoms. The molecule has 2 rings (SSSR count). The van der Waals surface area contributed by atoms with E-state index in [9.17, 15) is 26.3 Å². The number of benzene rings is 1. The number of rotatable bonds is 6. The second kappa shape index (κ2) is 8.13. The largest absolute Gasteiger partial charge is 0.416 e. The predicted molar refractivity (Wildman–Crippen MR) is 89.4 cm³/mol. The molecule has 0 aliphatic heterocycles. The Bertz CT molecular complexity index is 759. The lowest BCUT2D eigenvalue weighted by atomic mass is 10.0. The van der Waals surface area contributed by atoms with Crippen molar-refractivity contribution in [3.63, 3.8) is 0 Å². The summed E-state index contributed by atoms with van der Waals surface area (Å²) in [6, 6.07) is 1.44. The Balaban J connectivity index is 2.33. The first-order valence-electron chi connectivity index (χ1n) is 7.89. The van der Waals surface area contributed by atoms with E-state index in [0.29, 0.717) is 37.5 Å². The Labute approximate surface area is 151 Å². The van der Waals surface area contributed by atoms with Crippen LogP contribution < -0.4 is 5.73 Å². The summed E-state index contributed by atoms with van der Waals surface area (Å²) < 4.78 is 77.4. The summed E-state index contributed by atoms with van der Waals surface area (Å²) in [5, 5.41) is 6.54. The van der Waals surface area contributed by atoms with E-state index >= 15 is 0 Å². The summed E-state index contributed by atoms with van der Waals surface area (Å²) in [4.78, 5) is 1.91. The average molecular weight is 392 g/mol. The van der Waals surface area contributed by atoms with E-state index in [-0.39, 0.29) is 11.6 Å². The summed E-state index contributed by atoms with van der Waals surface area (Å²) in [7, 11) is 1.83. The van der Waals surface area contributed by atoms with E-state index < -0.39 is 23.5 Å². The number of hydrogen-bond acceptors (Lipinski definition) is 3. The Morgan fingerprint density at radius 3 is 2.15 bits per heavy atom. The molecule has 0 saturated carbocycles. The van der Waals surface area contributed by atoms with E-state index in [1.54, 1.807) is 6.20 Å². The number of nitrogens with zero attached hydrogens (tertiary/aromatic N) is 2. The van der Waals surface area contributed by atoms with Gasteiger partial charge in [-0.05, 0) is 36.9 Å². The fraction of sp³-hybridized carbons (Fsp3) is 0.353. The van der Waals surface area contributed by atoms with Crippen LogP contribution in [0.25, 0.3) is 12.2 Å². The Kier molecular flexibility index (Phi) is 6.32. The highest BCUT2D eigenvalue weighted by molar-refractivity contribution is 5.70. The van der Waals surface area contributed by atoms with Gasteiger partial charge in [0.15, 0.2) is 0 Å². The van der Waals surface area contributed by atoms with Crippen LogP contribution in [0.15, 0.2) is 24.4 Å². The lowest BCUT2D eigenvalue weighted by Crippen LogP contribution is -2.25. The molecule has 0 aliphatic rings. The van der Waals surface area contributed by atoms with Crippen LogP contribution in [0.2, 0.25) is 0 Å². The molecule has 2 aromatic rings. The molecule has 3 N–H and O–H groups in total. The Morgan fingerprint density at radius 1 is 1.04 bits per heavy atom. The highest BCUT2D eigenvalue weighted by atomic mass is 19.4. The molecule has 148 valence electrons. The highest BCUT2D eigenvalue weighted by Crippen LogP contribution is 2.36. The van der Waals surface area contributed by atoms with Crippen molar-refractivity contribution in [2.75, 3.05) is 20.1 Å². The van der Waals surface area contributed by atoms with E-state index in [0.717, 1.165) is 5.56 Å². The van der Waals surface area contributed by atoms with Crippen LogP contribution in [0.5, 0.6) is 0 Å². The number of likely N-dealkylation sites (N-methyl/N-ethyl adjacent to an activating group) is 1. The molecule has 0 bridgehead atoms. The summed E-state index contributed by atoms with van der Waals surface area (Å²) in [6.07, 6.45) is -5.64. The minimum absolute atomic E-state index is 0.0980. The molecule has 0 amide bonds. The zero-order chi connectivity index (χ0) is 20.2. The van der Waals surface area contributed by atoms with Gasteiger partial charge in [-0.15, -0.1) is 0 Å². The maximum atomic E-state index is 12.9. The van der Waals surface area contributed by atoms with Gasteiger partial charge in [0.2, 0.25) is 0 Å². The molecule has 10 heteroatoms.